The number of nitrogens with zero attached hydrogens (tertiary/aromatic N) is 1. The van der Waals surface area contributed by atoms with Crippen molar-refractivity contribution in [1.29, 1.82) is 0 Å². The van der Waals surface area contributed by atoms with Gasteiger partial charge < -0.3 is 10.2 Å². The Morgan fingerprint density at radius 3 is 2.50 bits per heavy atom. The number of nitrogens with one attached hydrogen (secondary N) is 1. The van der Waals surface area contributed by atoms with Crippen LogP contribution in [-0.2, 0) is 6.54 Å². The molecular formula is C17H27BrN2. The zero-order valence-electron chi connectivity index (χ0n) is 13.1. The van der Waals surface area contributed by atoms with Crippen LogP contribution < -0.4 is 10.2 Å². The van der Waals surface area contributed by atoms with Crippen molar-refractivity contribution < 1.29 is 0 Å². The molecule has 1 N–H and O–H groups in total. The van der Waals surface area contributed by atoms with Crippen LogP contribution in [0.1, 0.15) is 46.1 Å². The van der Waals surface area contributed by atoms with Gasteiger partial charge in [-0.1, -0.05) is 43.6 Å². The average molecular weight is 339 g/mol. The van der Waals surface area contributed by atoms with E-state index in [1.54, 1.807) is 0 Å². The SMILES string of the molecule is CC(C)CN(c1ccc(Br)cc1CNC(C)C)C1CC1. The van der Waals surface area contributed by atoms with Crippen molar-refractivity contribution in [2.75, 3.05) is 11.4 Å². The summed E-state index contributed by atoms with van der Waals surface area (Å²) in [7, 11) is 0. The van der Waals surface area contributed by atoms with Gasteiger partial charge in [0.05, 0.1) is 0 Å². The van der Waals surface area contributed by atoms with Gasteiger partial charge in [0.2, 0.25) is 0 Å². The molecule has 1 aliphatic rings. The van der Waals surface area contributed by atoms with Gasteiger partial charge in [-0.2, -0.15) is 0 Å². The molecule has 0 amide bonds. The number of anilines is 1. The number of rotatable bonds is 7. The van der Waals surface area contributed by atoms with Gasteiger partial charge in [-0.25, -0.2) is 0 Å². The minimum Gasteiger partial charge on any atom is -0.368 e. The van der Waals surface area contributed by atoms with E-state index in [0.29, 0.717) is 12.0 Å². The number of benzene rings is 1. The summed E-state index contributed by atoms with van der Waals surface area (Å²) >= 11 is 3.61. The first-order valence-electron chi connectivity index (χ1n) is 7.75. The van der Waals surface area contributed by atoms with Crippen molar-refractivity contribution in [2.24, 2.45) is 5.92 Å². The minimum absolute atomic E-state index is 0.515. The van der Waals surface area contributed by atoms with E-state index in [4.69, 9.17) is 0 Å². The highest BCUT2D eigenvalue weighted by atomic mass is 79.9. The third-order valence-electron chi connectivity index (χ3n) is 3.60. The molecule has 0 unspecified atom stereocenters. The van der Waals surface area contributed by atoms with E-state index in [2.05, 4.69) is 72.0 Å². The molecule has 1 fully saturated rings. The topological polar surface area (TPSA) is 15.3 Å². The molecule has 0 saturated heterocycles. The van der Waals surface area contributed by atoms with E-state index in [9.17, 15) is 0 Å². The van der Waals surface area contributed by atoms with E-state index in [-0.39, 0.29) is 0 Å². The fourth-order valence-electron chi connectivity index (χ4n) is 2.51. The molecule has 0 radical (unpaired) electrons. The fraction of sp³-hybridized carbons (Fsp3) is 0.647. The summed E-state index contributed by atoms with van der Waals surface area (Å²) in [6.45, 7) is 11.1. The lowest BCUT2D eigenvalue weighted by atomic mass is 10.1. The van der Waals surface area contributed by atoms with Crippen molar-refractivity contribution in [3.05, 3.63) is 28.2 Å². The summed E-state index contributed by atoms with van der Waals surface area (Å²) in [5, 5.41) is 3.55. The molecule has 112 valence electrons. The lowest BCUT2D eigenvalue weighted by Gasteiger charge is -2.29. The minimum atomic E-state index is 0.515. The van der Waals surface area contributed by atoms with E-state index in [0.717, 1.165) is 19.1 Å². The van der Waals surface area contributed by atoms with Gasteiger partial charge in [-0.15, -0.1) is 0 Å². The third kappa shape index (κ3) is 4.49. The molecule has 2 nitrogen and oxygen atoms in total. The molecule has 1 aliphatic carbocycles. The van der Waals surface area contributed by atoms with Crippen LogP contribution in [0, 0.1) is 5.92 Å². The Morgan fingerprint density at radius 2 is 1.95 bits per heavy atom. The normalized spacial score (nSPS) is 15.2. The molecule has 2 rings (SSSR count). The first-order valence-corrected chi connectivity index (χ1v) is 8.55. The summed E-state index contributed by atoms with van der Waals surface area (Å²) in [4.78, 5) is 2.62. The van der Waals surface area contributed by atoms with E-state index in [1.807, 2.05) is 0 Å². The lowest BCUT2D eigenvalue weighted by Crippen LogP contribution is -2.32. The average Bonchev–Trinajstić information content (AvgIpc) is 3.18. The fourth-order valence-corrected chi connectivity index (χ4v) is 2.92. The highest BCUT2D eigenvalue weighted by Gasteiger charge is 2.30. The van der Waals surface area contributed by atoms with E-state index >= 15 is 0 Å². The Bertz CT molecular complexity index is 439. The van der Waals surface area contributed by atoms with Crippen LogP contribution in [0.2, 0.25) is 0 Å². The van der Waals surface area contributed by atoms with Crippen LogP contribution in [0.25, 0.3) is 0 Å². The van der Waals surface area contributed by atoms with Crippen LogP contribution in [-0.4, -0.2) is 18.6 Å². The molecule has 1 aromatic carbocycles. The number of halogens is 1. The van der Waals surface area contributed by atoms with Crippen LogP contribution in [0.3, 0.4) is 0 Å². The summed E-state index contributed by atoms with van der Waals surface area (Å²) in [6, 6.07) is 7.99. The quantitative estimate of drug-likeness (QED) is 0.783. The Labute approximate surface area is 132 Å². The largest absolute Gasteiger partial charge is 0.368 e. The summed E-state index contributed by atoms with van der Waals surface area (Å²) in [6.07, 6.45) is 2.69. The lowest BCUT2D eigenvalue weighted by molar-refractivity contribution is 0.579. The molecule has 0 spiro atoms. The number of hydrogen-bond acceptors (Lipinski definition) is 2. The Morgan fingerprint density at radius 1 is 1.25 bits per heavy atom. The second kappa shape index (κ2) is 6.95. The van der Waals surface area contributed by atoms with Gasteiger partial charge in [0.15, 0.2) is 0 Å². The molecule has 1 saturated carbocycles. The molecule has 0 heterocycles. The van der Waals surface area contributed by atoms with Gasteiger partial charge in [-0.3, -0.25) is 0 Å². The van der Waals surface area contributed by atoms with Gasteiger partial charge in [0, 0.05) is 35.3 Å². The summed E-state index contributed by atoms with van der Waals surface area (Å²) in [5.74, 6) is 0.699. The van der Waals surface area contributed by atoms with E-state index in [1.165, 1.54) is 28.6 Å². The maximum atomic E-state index is 3.61. The second-order valence-electron chi connectivity index (χ2n) is 6.59. The monoisotopic (exact) mass is 338 g/mol. The van der Waals surface area contributed by atoms with Crippen LogP contribution in [0.15, 0.2) is 22.7 Å². The van der Waals surface area contributed by atoms with Gasteiger partial charge >= 0.3 is 0 Å². The molecule has 3 heteroatoms. The first kappa shape index (κ1) is 15.8. The molecule has 0 aromatic heterocycles. The van der Waals surface area contributed by atoms with Crippen LogP contribution in [0.4, 0.5) is 5.69 Å². The zero-order chi connectivity index (χ0) is 14.7. The summed E-state index contributed by atoms with van der Waals surface area (Å²) < 4.78 is 1.17. The molecule has 0 bridgehead atoms. The van der Waals surface area contributed by atoms with Crippen molar-refractivity contribution in [2.45, 2.75) is 59.2 Å². The van der Waals surface area contributed by atoms with Crippen molar-refractivity contribution in [3.8, 4) is 0 Å². The van der Waals surface area contributed by atoms with Crippen LogP contribution in [0.5, 0.6) is 0 Å². The van der Waals surface area contributed by atoms with Gasteiger partial charge in [0.25, 0.3) is 0 Å². The molecule has 1 aromatic rings. The smallest absolute Gasteiger partial charge is 0.0415 e. The van der Waals surface area contributed by atoms with Crippen LogP contribution >= 0.6 is 15.9 Å². The molecular weight excluding hydrogens is 312 g/mol. The standard InChI is InChI=1S/C17H27BrN2/c1-12(2)11-20(16-6-7-16)17-8-5-15(18)9-14(17)10-19-13(3)4/h5,8-9,12-13,16,19H,6-7,10-11H2,1-4H3. The Hall–Kier alpha value is -0.540. The highest BCUT2D eigenvalue weighted by molar-refractivity contribution is 9.10. The van der Waals surface area contributed by atoms with E-state index < -0.39 is 0 Å². The van der Waals surface area contributed by atoms with Gasteiger partial charge in [-0.05, 0) is 42.5 Å². The maximum Gasteiger partial charge on any atom is 0.0415 e. The molecule has 0 atom stereocenters. The number of hydrogen-bond donors (Lipinski definition) is 1. The van der Waals surface area contributed by atoms with Crippen molar-refractivity contribution in [1.82, 2.24) is 5.32 Å². The first-order chi connectivity index (χ1) is 9.47. The molecule has 0 aliphatic heterocycles. The second-order valence-corrected chi connectivity index (χ2v) is 7.50. The Kier molecular flexibility index (Phi) is 5.50. The Balaban J connectivity index is 2.22. The predicted molar refractivity (Wildman–Crippen MR) is 91.3 cm³/mol. The van der Waals surface area contributed by atoms with Crippen molar-refractivity contribution in [3.63, 3.8) is 0 Å². The highest BCUT2D eigenvalue weighted by Crippen LogP contribution is 2.35. The summed E-state index contributed by atoms with van der Waals surface area (Å²) in [5.41, 5.74) is 2.82. The van der Waals surface area contributed by atoms with Crippen molar-refractivity contribution >= 4 is 21.6 Å². The molecule has 20 heavy (non-hydrogen) atoms. The third-order valence-corrected chi connectivity index (χ3v) is 4.09. The zero-order valence-corrected chi connectivity index (χ0v) is 14.7. The maximum absolute atomic E-state index is 3.61. The predicted octanol–water partition coefficient (Wildman–Crippen LogP) is 4.57. The van der Waals surface area contributed by atoms with Gasteiger partial charge in [0.1, 0.15) is 0 Å².